The van der Waals surface area contributed by atoms with Crippen molar-refractivity contribution in [2.24, 2.45) is 0 Å². The van der Waals surface area contributed by atoms with E-state index in [-0.39, 0.29) is 12.7 Å². The number of carbonyl (C=O) groups is 1. The van der Waals surface area contributed by atoms with Crippen LogP contribution in [-0.2, 0) is 27.4 Å². The molecule has 154 valence electrons. The van der Waals surface area contributed by atoms with Crippen LogP contribution in [0.3, 0.4) is 0 Å². The van der Waals surface area contributed by atoms with Crippen LogP contribution in [-0.4, -0.2) is 36.2 Å². The maximum Gasteiger partial charge on any atom is 0.407 e. The summed E-state index contributed by atoms with van der Waals surface area (Å²) in [4.78, 5) is 11.8. The van der Waals surface area contributed by atoms with E-state index in [1.165, 1.54) is 0 Å². The highest BCUT2D eigenvalue weighted by atomic mass is 16.7. The van der Waals surface area contributed by atoms with E-state index >= 15 is 0 Å². The van der Waals surface area contributed by atoms with Crippen LogP contribution in [0.4, 0.5) is 4.79 Å². The van der Waals surface area contributed by atoms with Gasteiger partial charge in [0.25, 0.3) is 0 Å². The van der Waals surface area contributed by atoms with Gasteiger partial charge in [-0.15, -0.1) is 0 Å². The van der Waals surface area contributed by atoms with Gasteiger partial charge in [-0.3, -0.25) is 0 Å². The third-order valence-corrected chi connectivity index (χ3v) is 4.56. The second kappa shape index (κ2) is 11.4. The minimum absolute atomic E-state index is 0.238. The Labute approximate surface area is 171 Å². The van der Waals surface area contributed by atoms with E-state index < -0.39 is 18.5 Å². The molecular weight excluding hydrogens is 370 g/mol. The Hall–Kier alpha value is -2.67. The van der Waals surface area contributed by atoms with Crippen molar-refractivity contribution in [3.63, 3.8) is 0 Å². The Morgan fingerprint density at radius 3 is 2.31 bits per heavy atom. The van der Waals surface area contributed by atoms with Gasteiger partial charge in [0.1, 0.15) is 6.61 Å². The van der Waals surface area contributed by atoms with Crippen molar-refractivity contribution in [1.82, 2.24) is 5.32 Å². The van der Waals surface area contributed by atoms with Crippen molar-refractivity contribution in [3.8, 4) is 0 Å². The van der Waals surface area contributed by atoms with Crippen LogP contribution in [0.1, 0.15) is 24.0 Å². The van der Waals surface area contributed by atoms with Gasteiger partial charge in [0.05, 0.1) is 18.8 Å². The summed E-state index contributed by atoms with van der Waals surface area (Å²) < 4.78 is 16.8. The van der Waals surface area contributed by atoms with Crippen LogP contribution < -0.4 is 5.32 Å². The van der Waals surface area contributed by atoms with E-state index in [4.69, 9.17) is 14.2 Å². The third kappa shape index (κ3) is 7.34. The molecule has 1 heterocycles. The van der Waals surface area contributed by atoms with E-state index in [0.717, 1.165) is 11.1 Å². The smallest absolute Gasteiger partial charge is 0.407 e. The molecule has 6 nitrogen and oxygen atoms in total. The topological polar surface area (TPSA) is 77.0 Å². The maximum atomic E-state index is 11.8. The molecule has 0 spiro atoms. The summed E-state index contributed by atoms with van der Waals surface area (Å²) in [7, 11) is 0. The molecule has 2 N–H and O–H groups in total. The molecule has 1 aliphatic heterocycles. The van der Waals surface area contributed by atoms with Gasteiger partial charge in [0.2, 0.25) is 0 Å². The van der Waals surface area contributed by atoms with E-state index in [2.05, 4.69) is 5.32 Å². The first-order valence-corrected chi connectivity index (χ1v) is 9.82. The van der Waals surface area contributed by atoms with E-state index in [1.54, 1.807) is 12.2 Å². The average molecular weight is 397 g/mol. The molecule has 0 saturated carbocycles. The monoisotopic (exact) mass is 397 g/mol. The van der Waals surface area contributed by atoms with Gasteiger partial charge in [-0.05, 0) is 30.0 Å². The minimum atomic E-state index is -0.684. The molecule has 0 bridgehead atoms. The van der Waals surface area contributed by atoms with Crippen molar-refractivity contribution in [2.75, 3.05) is 6.54 Å². The van der Waals surface area contributed by atoms with Gasteiger partial charge in [0.15, 0.2) is 6.29 Å². The first kappa shape index (κ1) is 21.0. The maximum absolute atomic E-state index is 11.8. The van der Waals surface area contributed by atoms with Crippen LogP contribution in [0.25, 0.3) is 0 Å². The highest BCUT2D eigenvalue weighted by Crippen LogP contribution is 2.19. The zero-order valence-electron chi connectivity index (χ0n) is 16.3. The molecule has 0 radical (unpaired) electrons. The number of aliphatic hydroxyl groups is 1. The van der Waals surface area contributed by atoms with Gasteiger partial charge in [-0.1, -0.05) is 66.7 Å². The summed E-state index contributed by atoms with van der Waals surface area (Å²) in [6.45, 7) is 1.12. The lowest BCUT2D eigenvalue weighted by molar-refractivity contribution is -0.177. The average Bonchev–Trinajstić information content (AvgIpc) is 2.77. The lowest BCUT2D eigenvalue weighted by atomic mass is 10.1. The molecular formula is C23H27NO5. The number of carbonyl (C=O) groups excluding carboxylic acids is 1. The Kier molecular flexibility index (Phi) is 8.25. The molecule has 1 amide bonds. The first-order valence-electron chi connectivity index (χ1n) is 9.82. The standard InChI is InChI=1S/C23H27NO5/c25-20-13-14-22(27-16-18-8-3-1-4-9-18)29-21(20)12-7-15-24-23(26)28-17-19-10-5-2-6-11-19/h1-6,8-11,13-14,20-22,25H,7,12,15-17H2,(H,24,26)/t20-,21+,22-/m0/s1. The van der Waals surface area contributed by atoms with Crippen LogP contribution in [0, 0.1) is 0 Å². The van der Waals surface area contributed by atoms with Crippen molar-refractivity contribution < 1.29 is 24.1 Å². The molecule has 2 aromatic carbocycles. The largest absolute Gasteiger partial charge is 0.445 e. The quantitative estimate of drug-likeness (QED) is 0.500. The molecule has 0 unspecified atom stereocenters. The summed E-state index contributed by atoms with van der Waals surface area (Å²) in [5.74, 6) is 0. The number of benzene rings is 2. The van der Waals surface area contributed by atoms with Crippen LogP contribution in [0.15, 0.2) is 72.8 Å². The van der Waals surface area contributed by atoms with Gasteiger partial charge < -0.3 is 24.6 Å². The number of nitrogens with one attached hydrogen (secondary N) is 1. The lowest BCUT2D eigenvalue weighted by Gasteiger charge is -2.29. The molecule has 29 heavy (non-hydrogen) atoms. The Morgan fingerprint density at radius 2 is 1.62 bits per heavy atom. The number of hydrogen-bond donors (Lipinski definition) is 2. The van der Waals surface area contributed by atoms with Crippen LogP contribution >= 0.6 is 0 Å². The zero-order valence-corrected chi connectivity index (χ0v) is 16.3. The van der Waals surface area contributed by atoms with Crippen molar-refractivity contribution >= 4 is 6.09 Å². The van der Waals surface area contributed by atoms with E-state index in [0.29, 0.717) is 26.0 Å². The van der Waals surface area contributed by atoms with Crippen molar-refractivity contribution in [3.05, 3.63) is 83.9 Å². The molecule has 6 heteroatoms. The fourth-order valence-electron chi connectivity index (χ4n) is 2.98. The Morgan fingerprint density at radius 1 is 0.966 bits per heavy atom. The summed E-state index contributed by atoms with van der Waals surface area (Å²) >= 11 is 0. The van der Waals surface area contributed by atoms with Crippen molar-refractivity contribution in [1.29, 1.82) is 0 Å². The fourth-order valence-corrected chi connectivity index (χ4v) is 2.98. The van der Waals surface area contributed by atoms with Crippen LogP contribution in [0.2, 0.25) is 0 Å². The summed E-state index contributed by atoms with van der Waals surface area (Å²) in [6, 6.07) is 19.4. The summed E-state index contributed by atoms with van der Waals surface area (Å²) in [5, 5.41) is 12.8. The number of ether oxygens (including phenoxy) is 3. The second-order valence-electron chi connectivity index (χ2n) is 6.85. The number of rotatable bonds is 9. The van der Waals surface area contributed by atoms with E-state index in [1.807, 2.05) is 60.7 Å². The van der Waals surface area contributed by atoms with Gasteiger partial charge in [-0.25, -0.2) is 4.79 Å². The number of alkyl carbamates (subject to hydrolysis) is 1. The fraction of sp³-hybridized carbons (Fsp3) is 0.348. The van der Waals surface area contributed by atoms with Crippen LogP contribution in [0.5, 0.6) is 0 Å². The normalized spacial score (nSPS) is 20.9. The van der Waals surface area contributed by atoms with Gasteiger partial charge >= 0.3 is 6.09 Å². The number of hydrogen-bond acceptors (Lipinski definition) is 5. The third-order valence-electron chi connectivity index (χ3n) is 4.56. The number of aliphatic hydroxyl groups excluding tert-OH is 1. The molecule has 0 fully saturated rings. The van der Waals surface area contributed by atoms with E-state index in [9.17, 15) is 9.90 Å². The molecule has 3 rings (SSSR count). The highest BCUT2D eigenvalue weighted by Gasteiger charge is 2.25. The summed E-state index contributed by atoms with van der Waals surface area (Å²) in [6.07, 6.45) is 2.67. The second-order valence-corrected chi connectivity index (χ2v) is 6.85. The molecule has 0 saturated heterocycles. The summed E-state index contributed by atoms with van der Waals surface area (Å²) in [5.41, 5.74) is 2.00. The number of amides is 1. The first-order chi connectivity index (χ1) is 14.2. The van der Waals surface area contributed by atoms with Gasteiger partial charge in [0, 0.05) is 6.54 Å². The molecule has 0 aromatic heterocycles. The predicted octanol–water partition coefficient (Wildman–Crippen LogP) is 3.55. The Bertz CT molecular complexity index is 765. The lowest BCUT2D eigenvalue weighted by Crippen LogP contribution is -2.37. The zero-order chi connectivity index (χ0) is 20.3. The minimum Gasteiger partial charge on any atom is -0.445 e. The predicted molar refractivity (Wildman–Crippen MR) is 109 cm³/mol. The molecule has 0 aliphatic carbocycles. The molecule has 2 aromatic rings. The van der Waals surface area contributed by atoms with Gasteiger partial charge in [-0.2, -0.15) is 0 Å². The van der Waals surface area contributed by atoms with Crippen molar-refractivity contribution in [2.45, 2.75) is 44.6 Å². The molecule has 1 aliphatic rings. The SMILES string of the molecule is O=C(NCCC[C@H]1O[C@H](OCc2ccccc2)C=C[C@@H]1O)OCc1ccccc1. The highest BCUT2D eigenvalue weighted by molar-refractivity contribution is 5.67. The Balaban J connectivity index is 1.32. The molecule has 3 atom stereocenters.